The summed E-state index contributed by atoms with van der Waals surface area (Å²) in [7, 11) is 0. The number of aromatic nitrogens is 1. The van der Waals surface area contributed by atoms with Crippen LogP contribution in [0.1, 0.15) is 16.3 Å². The van der Waals surface area contributed by atoms with Crippen molar-refractivity contribution < 1.29 is 4.92 Å². The highest BCUT2D eigenvalue weighted by molar-refractivity contribution is 7.11. The minimum Gasteiger partial charge on any atom is -0.258 e. The fraction of sp³-hybridized carbons (Fsp3) is 0.0769. The van der Waals surface area contributed by atoms with E-state index in [4.69, 9.17) is 11.6 Å². The Morgan fingerprint density at radius 2 is 2.35 bits per heavy atom. The van der Waals surface area contributed by atoms with Crippen molar-refractivity contribution in [1.82, 2.24) is 4.98 Å². The Labute approximate surface area is 123 Å². The molecule has 20 heavy (non-hydrogen) atoms. The Balaban J connectivity index is 2.50. The zero-order chi connectivity index (χ0) is 14.7. The molecule has 0 aliphatic heterocycles. The van der Waals surface area contributed by atoms with E-state index in [-0.39, 0.29) is 5.69 Å². The van der Waals surface area contributed by atoms with Crippen molar-refractivity contribution in [3.05, 3.63) is 55.0 Å². The summed E-state index contributed by atoms with van der Waals surface area (Å²) >= 11 is 7.34. The van der Waals surface area contributed by atoms with Gasteiger partial charge in [-0.2, -0.15) is 5.26 Å². The molecule has 0 amide bonds. The Bertz CT molecular complexity index is 746. The zero-order valence-electron chi connectivity index (χ0n) is 10.3. The van der Waals surface area contributed by atoms with Crippen LogP contribution in [0.2, 0.25) is 5.02 Å². The number of nitro benzene ring substituents is 1. The first-order chi connectivity index (χ1) is 9.51. The van der Waals surface area contributed by atoms with Gasteiger partial charge in [-0.15, -0.1) is 11.3 Å². The van der Waals surface area contributed by atoms with E-state index in [0.717, 1.165) is 5.69 Å². The summed E-state index contributed by atoms with van der Waals surface area (Å²) in [6.45, 7) is 1.83. The number of hydrogen-bond acceptors (Lipinski definition) is 5. The second-order valence-electron chi connectivity index (χ2n) is 3.93. The summed E-state index contributed by atoms with van der Waals surface area (Å²) in [6.07, 6.45) is 1.51. The van der Waals surface area contributed by atoms with Gasteiger partial charge in [0.25, 0.3) is 5.69 Å². The largest absolute Gasteiger partial charge is 0.270 e. The fourth-order valence-electron chi connectivity index (χ4n) is 1.53. The molecule has 0 N–H and O–H groups in total. The number of benzene rings is 1. The molecule has 5 nitrogen and oxygen atoms in total. The molecule has 0 unspecified atom stereocenters. The van der Waals surface area contributed by atoms with E-state index in [2.05, 4.69) is 4.98 Å². The van der Waals surface area contributed by atoms with Gasteiger partial charge in [0.15, 0.2) is 0 Å². The van der Waals surface area contributed by atoms with Crippen molar-refractivity contribution in [2.45, 2.75) is 6.92 Å². The lowest BCUT2D eigenvalue weighted by atomic mass is 10.1. The van der Waals surface area contributed by atoms with Gasteiger partial charge in [0.2, 0.25) is 0 Å². The van der Waals surface area contributed by atoms with E-state index in [1.807, 2.05) is 18.4 Å². The standard InChI is InChI=1S/C13H8ClN3O2S/c1-8-7-20-13(16-8)10(6-15)4-9-5-11(17(18)19)2-3-12(9)14/h2-5,7H,1H3. The maximum Gasteiger partial charge on any atom is 0.270 e. The highest BCUT2D eigenvalue weighted by Gasteiger charge is 2.11. The van der Waals surface area contributed by atoms with E-state index in [9.17, 15) is 15.4 Å². The molecule has 0 saturated carbocycles. The molecule has 0 atom stereocenters. The first kappa shape index (κ1) is 14.2. The van der Waals surface area contributed by atoms with Gasteiger partial charge < -0.3 is 0 Å². The minimum absolute atomic E-state index is 0.0757. The molecule has 100 valence electrons. The van der Waals surface area contributed by atoms with Crippen LogP contribution < -0.4 is 0 Å². The third kappa shape index (κ3) is 3.02. The smallest absolute Gasteiger partial charge is 0.258 e. The van der Waals surface area contributed by atoms with E-state index in [1.165, 1.54) is 35.6 Å². The molecule has 0 spiro atoms. The first-order valence-electron chi connectivity index (χ1n) is 5.49. The number of non-ortho nitro benzene ring substituents is 1. The van der Waals surface area contributed by atoms with Crippen LogP contribution in [0.4, 0.5) is 5.69 Å². The summed E-state index contributed by atoms with van der Waals surface area (Å²) in [4.78, 5) is 14.5. The molecule has 1 aromatic carbocycles. The SMILES string of the molecule is Cc1csc(C(C#N)=Cc2cc([N+](=O)[O-])ccc2Cl)n1. The van der Waals surface area contributed by atoms with Gasteiger partial charge in [-0.3, -0.25) is 10.1 Å². The molecule has 0 radical (unpaired) electrons. The number of nitrogens with zero attached hydrogens (tertiary/aromatic N) is 3. The molecule has 0 fully saturated rings. The van der Waals surface area contributed by atoms with Crippen LogP contribution in [0.15, 0.2) is 23.6 Å². The van der Waals surface area contributed by atoms with Crippen molar-refractivity contribution in [1.29, 1.82) is 5.26 Å². The average Bonchev–Trinajstić information content (AvgIpc) is 2.84. The third-order valence-corrected chi connectivity index (χ3v) is 3.80. The molecular weight excluding hydrogens is 298 g/mol. The number of halogens is 1. The number of aryl methyl sites for hydroxylation is 1. The third-order valence-electron chi connectivity index (χ3n) is 2.46. The van der Waals surface area contributed by atoms with Crippen LogP contribution in [-0.4, -0.2) is 9.91 Å². The van der Waals surface area contributed by atoms with Gasteiger partial charge in [0.05, 0.1) is 10.5 Å². The van der Waals surface area contributed by atoms with Gasteiger partial charge in [-0.1, -0.05) is 11.6 Å². The summed E-state index contributed by atoms with van der Waals surface area (Å²) < 4.78 is 0. The summed E-state index contributed by atoms with van der Waals surface area (Å²) in [5.74, 6) is 0. The Morgan fingerprint density at radius 1 is 1.60 bits per heavy atom. The summed E-state index contributed by atoms with van der Waals surface area (Å²) in [5.41, 5.74) is 1.49. The topological polar surface area (TPSA) is 79.8 Å². The van der Waals surface area contributed by atoms with Crippen molar-refractivity contribution in [2.24, 2.45) is 0 Å². The molecule has 2 rings (SSSR count). The van der Waals surface area contributed by atoms with Crippen LogP contribution in [0.25, 0.3) is 11.6 Å². The van der Waals surface area contributed by atoms with Crippen LogP contribution >= 0.6 is 22.9 Å². The number of nitriles is 1. The second kappa shape index (κ2) is 5.82. The molecule has 0 saturated heterocycles. The molecule has 7 heteroatoms. The Hall–Kier alpha value is -2.23. The summed E-state index contributed by atoms with van der Waals surface area (Å²) in [5, 5.41) is 22.7. The zero-order valence-corrected chi connectivity index (χ0v) is 11.9. The van der Waals surface area contributed by atoms with Crippen molar-refractivity contribution in [3.8, 4) is 6.07 Å². The first-order valence-corrected chi connectivity index (χ1v) is 6.75. The Morgan fingerprint density at radius 3 is 2.90 bits per heavy atom. The number of hydrogen-bond donors (Lipinski definition) is 0. The second-order valence-corrected chi connectivity index (χ2v) is 5.19. The monoisotopic (exact) mass is 305 g/mol. The van der Waals surface area contributed by atoms with Gasteiger partial charge >= 0.3 is 0 Å². The average molecular weight is 306 g/mol. The highest BCUT2D eigenvalue weighted by Crippen LogP contribution is 2.27. The van der Waals surface area contributed by atoms with Gasteiger partial charge in [-0.25, -0.2) is 4.98 Å². The van der Waals surface area contributed by atoms with Crippen LogP contribution in [0.3, 0.4) is 0 Å². The molecule has 2 aromatic rings. The predicted octanol–water partition coefficient (Wildman–Crippen LogP) is 4.08. The van der Waals surface area contributed by atoms with Gasteiger partial charge in [0.1, 0.15) is 11.1 Å². The van der Waals surface area contributed by atoms with Crippen molar-refractivity contribution in [3.63, 3.8) is 0 Å². The molecule has 1 heterocycles. The number of rotatable bonds is 3. The lowest BCUT2D eigenvalue weighted by Crippen LogP contribution is -1.89. The fourth-order valence-corrected chi connectivity index (χ4v) is 2.47. The lowest BCUT2D eigenvalue weighted by molar-refractivity contribution is -0.384. The summed E-state index contributed by atoms with van der Waals surface area (Å²) in [6, 6.07) is 6.13. The van der Waals surface area contributed by atoms with E-state index < -0.39 is 4.92 Å². The molecule has 0 aliphatic rings. The number of thiazole rings is 1. The molecule has 0 bridgehead atoms. The maximum atomic E-state index is 10.8. The highest BCUT2D eigenvalue weighted by atomic mass is 35.5. The number of allylic oxidation sites excluding steroid dienone is 1. The predicted molar refractivity (Wildman–Crippen MR) is 78.4 cm³/mol. The Kier molecular flexibility index (Phi) is 4.13. The van der Waals surface area contributed by atoms with Crippen molar-refractivity contribution >= 4 is 40.3 Å². The molecule has 0 aliphatic carbocycles. The van der Waals surface area contributed by atoms with Gasteiger partial charge in [0, 0.05) is 33.8 Å². The molecular formula is C13H8ClN3O2S. The minimum atomic E-state index is -0.507. The lowest BCUT2D eigenvalue weighted by Gasteiger charge is -1.99. The van der Waals surface area contributed by atoms with Crippen LogP contribution in [-0.2, 0) is 0 Å². The van der Waals surface area contributed by atoms with Gasteiger partial charge in [-0.05, 0) is 19.1 Å². The van der Waals surface area contributed by atoms with E-state index >= 15 is 0 Å². The van der Waals surface area contributed by atoms with E-state index in [0.29, 0.717) is 21.2 Å². The quantitative estimate of drug-likeness (QED) is 0.486. The van der Waals surface area contributed by atoms with Crippen molar-refractivity contribution in [2.75, 3.05) is 0 Å². The molecule has 1 aromatic heterocycles. The number of nitro groups is 1. The maximum absolute atomic E-state index is 10.8. The van der Waals surface area contributed by atoms with E-state index in [1.54, 1.807) is 0 Å². The normalized spacial score (nSPS) is 11.2. The van der Waals surface area contributed by atoms with Crippen LogP contribution in [0, 0.1) is 28.4 Å². The van der Waals surface area contributed by atoms with Crippen LogP contribution in [0.5, 0.6) is 0 Å².